The number of rotatable bonds is 3. The summed E-state index contributed by atoms with van der Waals surface area (Å²) in [4.78, 5) is 31.1. The number of hydrogen-bond acceptors (Lipinski definition) is 5. The van der Waals surface area contributed by atoms with Crippen molar-refractivity contribution in [2.45, 2.75) is 4.90 Å². The molecule has 2 amide bonds. The molecule has 1 aliphatic rings. The molecule has 142 valence electrons. The summed E-state index contributed by atoms with van der Waals surface area (Å²) in [5.74, 6) is -1.46. The fraction of sp³-hybridized carbons (Fsp3) is 0. The minimum absolute atomic E-state index is 0.0287. The Hall–Kier alpha value is -3.78. The molecule has 0 atom stereocenters. The van der Waals surface area contributed by atoms with Crippen molar-refractivity contribution >= 4 is 38.8 Å². The van der Waals surface area contributed by atoms with E-state index in [2.05, 4.69) is 4.98 Å². The highest BCUT2D eigenvalue weighted by molar-refractivity contribution is 7.90. The Kier molecular flexibility index (Phi) is 3.65. The number of imidazole rings is 1. The van der Waals surface area contributed by atoms with Crippen molar-refractivity contribution in [3.63, 3.8) is 0 Å². The quantitative estimate of drug-likeness (QED) is 0.491. The maximum absolute atomic E-state index is 13.4. The molecule has 0 spiro atoms. The third-order valence-corrected chi connectivity index (χ3v) is 6.49. The smallest absolute Gasteiger partial charge is 0.268 e. The van der Waals surface area contributed by atoms with Crippen LogP contribution in [-0.4, -0.2) is 29.2 Å². The first kappa shape index (κ1) is 17.3. The molecule has 2 heterocycles. The van der Waals surface area contributed by atoms with Gasteiger partial charge >= 0.3 is 0 Å². The summed E-state index contributed by atoms with van der Waals surface area (Å²) in [5, 5.41) is 0. The number of hydrogen-bond donors (Lipinski definition) is 0. The van der Waals surface area contributed by atoms with Crippen LogP contribution in [-0.2, 0) is 10.0 Å². The molecule has 0 fully saturated rings. The Balaban J connectivity index is 1.80. The third-order valence-electron chi connectivity index (χ3n) is 4.78. The van der Waals surface area contributed by atoms with Crippen LogP contribution >= 0.6 is 0 Å². The molecular weight excluding hydrogens is 390 g/mol. The zero-order valence-corrected chi connectivity index (χ0v) is 15.7. The van der Waals surface area contributed by atoms with Crippen LogP contribution in [0.5, 0.6) is 0 Å². The Morgan fingerprint density at radius 1 is 0.690 bits per heavy atom. The number of amides is 2. The fourth-order valence-corrected chi connectivity index (χ4v) is 4.90. The van der Waals surface area contributed by atoms with Crippen molar-refractivity contribution in [1.29, 1.82) is 0 Å². The van der Waals surface area contributed by atoms with Crippen LogP contribution in [0.3, 0.4) is 0 Å². The number of para-hydroxylation sites is 2. The first-order valence-electron chi connectivity index (χ1n) is 8.76. The molecule has 3 aromatic carbocycles. The first-order valence-corrected chi connectivity index (χ1v) is 10.2. The molecule has 0 N–H and O–H groups in total. The van der Waals surface area contributed by atoms with Gasteiger partial charge in [0.05, 0.1) is 27.1 Å². The average molecular weight is 403 g/mol. The fourth-order valence-electron chi connectivity index (χ4n) is 3.44. The summed E-state index contributed by atoms with van der Waals surface area (Å²) in [5.41, 5.74) is 1.07. The zero-order valence-electron chi connectivity index (χ0n) is 14.9. The maximum Gasteiger partial charge on any atom is 0.271 e. The molecule has 4 aromatic rings. The van der Waals surface area contributed by atoms with Crippen LogP contribution in [0.15, 0.2) is 83.8 Å². The lowest BCUT2D eigenvalue weighted by Crippen LogP contribution is -2.33. The number of anilines is 1. The molecule has 0 saturated carbocycles. The summed E-state index contributed by atoms with van der Waals surface area (Å²) in [6, 6.07) is 20.8. The number of aromatic nitrogens is 2. The highest BCUT2D eigenvalue weighted by Gasteiger charge is 2.41. The Morgan fingerprint density at radius 2 is 1.24 bits per heavy atom. The highest BCUT2D eigenvalue weighted by atomic mass is 32.2. The first-order chi connectivity index (χ1) is 14.0. The second kappa shape index (κ2) is 6.11. The summed E-state index contributed by atoms with van der Waals surface area (Å²) < 4.78 is 27.9. The molecule has 0 unspecified atom stereocenters. The van der Waals surface area contributed by atoms with Crippen LogP contribution in [0.4, 0.5) is 5.95 Å². The minimum Gasteiger partial charge on any atom is -0.268 e. The predicted octanol–water partition coefficient (Wildman–Crippen LogP) is 3.07. The third kappa shape index (κ3) is 2.43. The summed E-state index contributed by atoms with van der Waals surface area (Å²) in [6.45, 7) is 0. The van der Waals surface area contributed by atoms with Gasteiger partial charge in [0, 0.05) is 0 Å². The van der Waals surface area contributed by atoms with Crippen LogP contribution in [0.1, 0.15) is 20.7 Å². The maximum atomic E-state index is 13.4. The molecule has 0 bridgehead atoms. The summed E-state index contributed by atoms with van der Waals surface area (Å²) in [6.07, 6.45) is 0. The van der Waals surface area contributed by atoms with Crippen molar-refractivity contribution < 1.29 is 18.0 Å². The van der Waals surface area contributed by atoms with Crippen molar-refractivity contribution in [3.8, 4) is 0 Å². The van der Waals surface area contributed by atoms with E-state index in [0.717, 1.165) is 8.87 Å². The Labute approximate surface area is 165 Å². The summed E-state index contributed by atoms with van der Waals surface area (Å²) >= 11 is 0. The number of fused-ring (bicyclic) bond motifs is 2. The molecule has 7 nitrogen and oxygen atoms in total. The standard InChI is InChI=1S/C21H13N3O4S/c25-19-15-10-4-5-11-16(15)20(26)23(19)21-22-17-12-6-7-13-18(17)24(21)29(27,28)14-8-2-1-3-9-14/h1-13H. The van der Waals surface area contributed by atoms with Crippen LogP contribution in [0.2, 0.25) is 0 Å². The van der Waals surface area contributed by atoms with E-state index < -0.39 is 21.8 Å². The van der Waals surface area contributed by atoms with Crippen molar-refractivity contribution in [2.24, 2.45) is 0 Å². The van der Waals surface area contributed by atoms with E-state index in [1.54, 1.807) is 54.6 Å². The molecule has 0 aliphatic carbocycles. The molecule has 1 aliphatic heterocycles. The summed E-state index contributed by atoms with van der Waals surface area (Å²) in [7, 11) is -4.12. The monoisotopic (exact) mass is 403 g/mol. The lowest BCUT2D eigenvalue weighted by molar-refractivity contribution is 0.0924. The van der Waals surface area contributed by atoms with Crippen LogP contribution < -0.4 is 4.90 Å². The van der Waals surface area contributed by atoms with Gasteiger partial charge in [-0.05, 0) is 36.4 Å². The van der Waals surface area contributed by atoms with Gasteiger partial charge in [0.25, 0.3) is 21.8 Å². The lowest BCUT2D eigenvalue weighted by Gasteiger charge is -2.16. The molecule has 0 saturated heterocycles. The van der Waals surface area contributed by atoms with Crippen molar-refractivity contribution in [1.82, 2.24) is 8.96 Å². The van der Waals surface area contributed by atoms with E-state index in [1.807, 2.05) is 0 Å². The van der Waals surface area contributed by atoms with Gasteiger partial charge in [0.15, 0.2) is 0 Å². The van der Waals surface area contributed by atoms with Gasteiger partial charge in [-0.1, -0.05) is 42.5 Å². The Bertz CT molecular complexity index is 1370. The van der Waals surface area contributed by atoms with Crippen LogP contribution in [0, 0.1) is 0 Å². The second-order valence-corrected chi connectivity index (χ2v) is 8.26. The van der Waals surface area contributed by atoms with E-state index in [9.17, 15) is 18.0 Å². The molecule has 29 heavy (non-hydrogen) atoms. The number of carbonyl (C=O) groups excluding carboxylic acids is 2. The SMILES string of the molecule is O=C1c2ccccc2C(=O)N1c1nc2ccccc2n1S(=O)(=O)c1ccccc1. The average Bonchev–Trinajstić information content (AvgIpc) is 3.24. The number of carbonyl (C=O) groups is 2. The minimum atomic E-state index is -4.12. The molecule has 1 aromatic heterocycles. The molecule has 8 heteroatoms. The largest absolute Gasteiger partial charge is 0.271 e. The van der Waals surface area contributed by atoms with Gasteiger partial charge < -0.3 is 0 Å². The molecular formula is C21H13N3O4S. The van der Waals surface area contributed by atoms with E-state index in [4.69, 9.17) is 0 Å². The number of imide groups is 1. The highest BCUT2D eigenvalue weighted by Crippen LogP contribution is 2.33. The zero-order chi connectivity index (χ0) is 20.2. The normalized spacial score (nSPS) is 13.9. The number of nitrogens with zero attached hydrogens (tertiary/aromatic N) is 3. The van der Waals surface area contributed by atoms with E-state index in [0.29, 0.717) is 5.52 Å². The molecule has 5 rings (SSSR count). The van der Waals surface area contributed by atoms with E-state index >= 15 is 0 Å². The lowest BCUT2D eigenvalue weighted by atomic mass is 10.1. The molecule has 0 radical (unpaired) electrons. The van der Waals surface area contributed by atoms with Gasteiger partial charge in [-0.25, -0.2) is 18.3 Å². The predicted molar refractivity (Wildman–Crippen MR) is 106 cm³/mol. The van der Waals surface area contributed by atoms with E-state index in [-0.39, 0.29) is 27.5 Å². The van der Waals surface area contributed by atoms with Crippen molar-refractivity contribution in [2.75, 3.05) is 4.90 Å². The second-order valence-electron chi connectivity index (χ2n) is 6.47. The number of benzene rings is 3. The van der Waals surface area contributed by atoms with Gasteiger partial charge in [-0.15, -0.1) is 0 Å². The van der Waals surface area contributed by atoms with Crippen molar-refractivity contribution in [3.05, 3.63) is 90.0 Å². The van der Waals surface area contributed by atoms with Crippen LogP contribution in [0.25, 0.3) is 11.0 Å². The Morgan fingerprint density at radius 3 is 1.90 bits per heavy atom. The van der Waals surface area contributed by atoms with Gasteiger partial charge in [-0.3, -0.25) is 9.59 Å². The topological polar surface area (TPSA) is 89.3 Å². The van der Waals surface area contributed by atoms with Gasteiger partial charge in [-0.2, -0.15) is 3.97 Å². The van der Waals surface area contributed by atoms with Gasteiger partial charge in [0.2, 0.25) is 5.95 Å². The van der Waals surface area contributed by atoms with Gasteiger partial charge in [0.1, 0.15) is 0 Å². The van der Waals surface area contributed by atoms with E-state index in [1.165, 1.54) is 24.3 Å².